The molecular formula is C13H22F3N3O. The van der Waals surface area contributed by atoms with Crippen molar-refractivity contribution in [2.75, 3.05) is 39.8 Å². The topological polar surface area (TPSA) is 35.6 Å². The Bertz CT molecular complexity index is 348. The zero-order chi connectivity index (χ0) is 14.8. The van der Waals surface area contributed by atoms with Crippen molar-refractivity contribution in [1.82, 2.24) is 15.1 Å². The van der Waals surface area contributed by atoms with E-state index in [4.69, 9.17) is 0 Å². The van der Waals surface area contributed by atoms with E-state index in [-0.39, 0.29) is 31.3 Å². The van der Waals surface area contributed by atoms with E-state index in [1.807, 2.05) is 7.05 Å². The molecule has 1 N–H and O–H groups in total. The van der Waals surface area contributed by atoms with E-state index in [2.05, 4.69) is 10.2 Å². The minimum Gasteiger partial charge on any atom is -0.354 e. The fourth-order valence-corrected chi connectivity index (χ4v) is 3.12. The number of carbonyl (C=O) groups is 1. The number of carbonyl (C=O) groups excluding carboxylic acids is 1. The van der Waals surface area contributed by atoms with Gasteiger partial charge in [-0.25, -0.2) is 0 Å². The van der Waals surface area contributed by atoms with Crippen molar-refractivity contribution >= 4 is 5.91 Å². The van der Waals surface area contributed by atoms with Crippen LogP contribution >= 0.6 is 0 Å². The van der Waals surface area contributed by atoms with Crippen LogP contribution in [0, 0.1) is 5.92 Å². The first kappa shape index (κ1) is 15.6. The van der Waals surface area contributed by atoms with Crippen LogP contribution in [0.1, 0.15) is 19.3 Å². The van der Waals surface area contributed by atoms with Crippen LogP contribution in [0.4, 0.5) is 13.2 Å². The van der Waals surface area contributed by atoms with Crippen molar-refractivity contribution in [3.63, 3.8) is 0 Å². The van der Waals surface area contributed by atoms with E-state index in [1.165, 1.54) is 4.90 Å². The molecule has 2 aliphatic rings. The maximum atomic E-state index is 13.1. The number of nitrogens with one attached hydrogen (secondary N) is 1. The molecule has 0 aromatic heterocycles. The molecule has 0 radical (unpaired) electrons. The van der Waals surface area contributed by atoms with E-state index in [1.54, 1.807) is 0 Å². The molecule has 7 heteroatoms. The fraction of sp³-hybridized carbons (Fsp3) is 0.923. The number of nitrogens with zero attached hydrogens (tertiary/aromatic N) is 2. The predicted molar refractivity (Wildman–Crippen MR) is 69.3 cm³/mol. The highest BCUT2D eigenvalue weighted by molar-refractivity contribution is 5.76. The summed E-state index contributed by atoms with van der Waals surface area (Å²) in [4.78, 5) is 14.9. The summed E-state index contributed by atoms with van der Waals surface area (Å²) in [7, 11) is 2.00. The van der Waals surface area contributed by atoms with E-state index < -0.39 is 12.2 Å². The molecule has 2 aliphatic heterocycles. The smallest absolute Gasteiger partial charge is 0.354 e. The molecule has 2 heterocycles. The lowest BCUT2D eigenvalue weighted by Gasteiger charge is -2.37. The lowest BCUT2D eigenvalue weighted by Crippen LogP contribution is -2.52. The van der Waals surface area contributed by atoms with Crippen molar-refractivity contribution in [3.8, 4) is 0 Å². The van der Waals surface area contributed by atoms with Gasteiger partial charge in [0.25, 0.3) is 0 Å². The van der Waals surface area contributed by atoms with Gasteiger partial charge in [-0.2, -0.15) is 13.2 Å². The van der Waals surface area contributed by atoms with Gasteiger partial charge in [0.05, 0.1) is 0 Å². The number of piperidine rings is 1. The summed E-state index contributed by atoms with van der Waals surface area (Å²) in [5.74, 6) is -0.0330. The Balaban J connectivity index is 2.02. The van der Waals surface area contributed by atoms with Crippen LogP contribution < -0.4 is 5.32 Å². The van der Waals surface area contributed by atoms with Crippen LogP contribution in [0.2, 0.25) is 0 Å². The van der Waals surface area contributed by atoms with Crippen molar-refractivity contribution < 1.29 is 18.0 Å². The summed E-state index contributed by atoms with van der Waals surface area (Å²) >= 11 is 0. The number of amides is 1. The number of likely N-dealkylation sites (tertiary alicyclic amines) is 1. The SMILES string of the molecule is CN1CCCC(CN2CCC(=O)NCC2C(F)(F)F)C1. The van der Waals surface area contributed by atoms with Crippen LogP contribution in [-0.4, -0.2) is 67.7 Å². The molecule has 20 heavy (non-hydrogen) atoms. The lowest BCUT2D eigenvalue weighted by atomic mass is 9.97. The first-order chi connectivity index (χ1) is 9.36. The maximum Gasteiger partial charge on any atom is 0.405 e. The second kappa shape index (κ2) is 6.30. The number of hydrogen-bond acceptors (Lipinski definition) is 3. The summed E-state index contributed by atoms with van der Waals surface area (Å²) < 4.78 is 39.4. The van der Waals surface area contributed by atoms with Crippen LogP contribution in [-0.2, 0) is 4.79 Å². The van der Waals surface area contributed by atoms with Crippen LogP contribution in [0.5, 0.6) is 0 Å². The van der Waals surface area contributed by atoms with Crippen molar-refractivity contribution in [1.29, 1.82) is 0 Å². The normalized spacial score (nSPS) is 30.9. The average molecular weight is 293 g/mol. The Morgan fingerprint density at radius 3 is 2.75 bits per heavy atom. The van der Waals surface area contributed by atoms with E-state index in [0.717, 1.165) is 25.9 Å². The molecule has 0 aliphatic carbocycles. The largest absolute Gasteiger partial charge is 0.405 e. The van der Waals surface area contributed by atoms with Gasteiger partial charge in [0, 0.05) is 32.6 Å². The molecule has 2 unspecified atom stereocenters. The Kier molecular flexibility index (Phi) is 4.90. The first-order valence-corrected chi connectivity index (χ1v) is 7.12. The summed E-state index contributed by atoms with van der Waals surface area (Å²) in [5.41, 5.74) is 0. The van der Waals surface area contributed by atoms with Crippen molar-refractivity contribution in [2.45, 2.75) is 31.5 Å². The highest BCUT2D eigenvalue weighted by atomic mass is 19.4. The molecule has 2 fully saturated rings. The molecule has 0 aromatic rings. The van der Waals surface area contributed by atoms with E-state index >= 15 is 0 Å². The van der Waals surface area contributed by atoms with Gasteiger partial charge >= 0.3 is 6.18 Å². The van der Waals surface area contributed by atoms with Crippen LogP contribution in [0.3, 0.4) is 0 Å². The minimum atomic E-state index is -4.29. The quantitative estimate of drug-likeness (QED) is 0.827. The summed E-state index contributed by atoms with van der Waals surface area (Å²) in [5, 5.41) is 2.37. The van der Waals surface area contributed by atoms with Crippen molar-refractivity contribution in [3.05, 3.63) is 0 Å². The van der Waals surface area contributed by atoms with Crippen molar-refractivity contribution in [2.24, 2.45) is 5.92 Å². The second-order valence-corrected chi connectivity index (χ2v) is 5.88. The van der Waals surface area contributed by atoms with Gasteiger partial charge < -0.3 is 10.2 Å². The highest BCUT2D eigenvalue weighted by Crippen LogP contribution is 2.28. The zero-order valence-corrected chi connectivity index (χ0v) is 11.7. The van der Waals surface area contributed by atoms with Crippen LogP contribution in [0.15, 0.2) is 0 Å². The number of hydrogen-bond donors (Lipinski definition) is 1. The molecule has 0 bridgehead atoms. The fourth-order valence-electron chi connectivity index (χ4n) is 3.12. The van der Waals surface area contributed by atoms with E-state index in [0.29, 0.717) is 6.54 Å². The Morgan fingerprint density at radius 1 is 1.35 bits per heavy atom. The molecule has 4 nitrogen and oxygen atoms in total. The number of alkyl halides is 3. The number of halogens is 3. The van der Waals surface area contributed by atoms with Crippen LogP contribution in [0.25, 0.3) is 0 Å². The zero-order valence-electron chi connectivity index (χ0n) is 11.7. The summed E-state index contributed by atoms with van der Waals surface area (Å²) in [6.45, 7) is 2.13. The Hall–Kier alpha value is -0.820. The molecule has 2 saturated heterocycles. The molecular weight excluding hydrogens is 271 g/mol. The number of rotatable bonds is 2. The van der Waals surface area contributed by atoms with E-state index in [9.17, 15) is 18.0 Å². The summed E-state index contributed by atoms with van der Waals surface area (Å²) in [6.07, 6.45) is -2.15. The van der Waals surface area contributed by atoms with Gasteiger partial charge in [-0.1, -0.05) is 0 Å². The molecule has 116 valence electrons. The average Bonchev–Trinajstić information content (AvgIpc) is 2.51. The molecule has 1 amide bonds. The monoisotopic (exact) mass is 293 g/mol. The van der Waals surface area contributed by atoms with Gasteiger partial charge in [0.15, 0.2) is 0 Å². The predicted octanol–water partition coefficient (Wildman–Crippen LogP) is 1.08. The lowest BCUT2D eigenvalue weighted by molar-refractivity contribution is -0.182. The maximum absolute atomic E-state index is 13.1. The second-order valence-electron chi connectivity index (χ2n) is 5.88. The van der Waals surface area contributed by atoms with Gasteiger partial charge in [-0.05, 0) is 32.4 Å². The molecule has 0 saturated carbocycles. The minimum absolute atomic E-state index is 0.148. The molecule has 2 rings (SSSR count). The van der Waals surface area contributed by atoms with Gasteiger partial charge in [-0.15, -0.1) is 0 Å². The standard InChI is InChI=1S/C13H22F3N3O/c1-18-5-2-3-10(8-18)9-19-6-4-12(20)17-7-11(19)13(14,15)16/h10-11H,2-9H2,1H3,(H,17,20). The Labute approximate surface area is 117 Å². The van der Waals surface area contributed by atoms with Gasteiger partial charge in [-0.3, -0.25) is 9.69 Å². The molecule has 0 aromatic carbocycles. The Morgan fingerprint density at radius 2 is 2.10 bits per heavy atom. The molecule has 0 spiro atoms. The molecule has 2 atom stereocenters. The third-order valence-electron chi connectivity index (χ3n) is 4.15. The first-order valence-electron chi connectivity index (χ1n) is 7.12. The summed E-state index contributed by atoms with van der Waals surface area (Å²) in [6, 6.07) is -1.55. The van der Waals surface area contributed by atoms with Gasteiger partial charge in [0.1, 0.15) is 6.04 Å². The van der Waals surface area contributed by atoms with Gasteiger partial charge in [0.2, 0.25) is 5.91 Å². The third kappa shape index (κ3) is 4.09. The highest BCUT2D eigenvalue weighted by Gasteiger charge is 2.45. The third-order valence-corrected chi connectivity index (χ3v) is 4.15.